The van der Waals surface area contributed by atoms with Crippen LogP contribution in [-0.2, 0) is 29.0 Å². The number of nitrogens with zero attached hydrogens (tertiary/aromatic N) is 3. The van der Waals surface area contributed by atoms with Crippen LogP contribution in [0.5, 0.6) is 0 Å². The molecule has 3 aromatic rings. The van der Waals surface area contributed by atoms with Gasteiger partial charge in [0.05, 0.1) is 43.5 Å². The summed E-state index contributed by atoms with van der Waals surface area (Å²) in [6.07, 6.45) is 0. The van der Waals surface area contributed by atoms with Crippen molar-refractivity contribution in [2.24, 2.45) is 0 Å². The van der Waals surface area contributed by atoms with Gasteiger partial charge in [-0.1, -0.05) is 0 Å². The second kappa shape index (κ2) is 14.5. The number of hydrogen-bond donors (Lipinski definition) is 1. The third-order valence-corrected chi connectivity index (χ3v) is 9.55. The Labute approximate surface area is 236 Å². The summed E-state index contributed by atoms with van der Waals surface area (Å²) in [5, 5.41) is 6.33. The predicted molar refractivity (Wildman–Crippen MR) is 149 cm³/mol. The number of nitrogens with one attached hydrogen (secondary N) is 1. The van der Waals surface area contributed by atoms with Crippen LogP contribution in [0.4, 0.5) is 5.69 Å². The number of carbonyl (C=O) groups is 1. The van der Waals surface area contributed by atoms with Gasteiger partial charge in [0.1, 0.15) is 16.5 Å². The molecular weight excluding hydrogens is 560 g/mol. The average Bonchev–Trinajstić information content (AvgIpc) is 3.48. The van der Waals surface area contributed by atoms with Crippen molar-refractivity contribution in [1.82, 2.24) is 14.5 Å². The van der Waals surface area contributed by atoms with Gasteiger partial charge in [-0.2, -0.15) is 9.40 Å². The highest BCUT2D eigenvalue weighted by Crippen LogP contribution is 2.31. The van der Waals surface area contributed by atoms with Gasteiger partial charge in [0.15, 0.2) is 0 Å². The molecule has 216 valence electrons. The zero-order chi connectivity index (χ0) is 28.4. The normalized spacial score (nSPS) is 14.4. The van der Waals surface area contributed by atoms with Crippen molar-refractivity contribution in [1.29, 1.82) is 0 Å². The molecule has 0 unspecified atom stereocenters. The van der Waals surface area contributed by atoms with Crippen molar-refractivity contribution in [2.75, 3.05) is 77.8 Å². The Hall–Kier alpha value is -3.14. The lowest BCUT2D eigenvalue weighted by Gasteiger charge is -2.35. The fraction of sp³-hybridized carbons (Fsp3) is 0.423. The summed E-state index contributed by atoms with van der Waals surface area (Å²) in [4.78, 5) is 26.3. The molecule has 4 rings (SSSR count). The van der Waals surface area contributed by atoms with Crippen molar-refractivity contribution in [3.8, 4) is 10.6 Å². The van der Waals surface area contributed by atoms with Crippen molar-refractivity contribution in [3.05, 3.63) is 64.4 Å². The summed E-state index contributed by atoms with van der Waals surface area (Å²) in [5.41, 5.74) is 1.51. The first-order valence-corrected chi connectivity index (χ1v) is 15.0. The van der Waals surface area contributed by atoms with E-state index in [0.717, 1.165) is 17.0 Å². The van der Waals surface area contributed by atoms with Crippen molar-refractivity contribution >= 4 is 33.0 Å². The average molecular weight is 593 g/mol. The van der Waals surface area contributed by atoms with E-state index in [1.54, 1.807) is 37.4 Å². The van der Waals surface area contributed by atoms with Crippen molar-refractivity contribution in [2.45, 2.75) is 4.21 Å². The molecule has 14 heteroatoms. The molecule has 1 aliphatic rings. The molecule has 3 heterocycles. The second-order valence-electron chi connectivity index (χ2n) is 8.72. The molecule has 0 bridgehead atoms. The Balaban J connectivity index is 1.22. The number of esters is 1. The van der Waals surface area contributed by atoms with Gasteiger partial charge in [0.25, 0.3) is 15.6 Å². The lowest BCUT2D eigenvalue weighted by atomic mass is 10.2. The van der Waals surface area contributed by atoms with Crippen LogP contribution in [0.1, 0.15) is 10.4 Å². The molecule has 2 aromatic heterocycles. The standard InChI is InChI=1S/C26H32N4O8S2/c1-35-14-15-36-16-17-37-18-19-38-26(32)20-2-4-21(5-3-20)29-10-12-30(13-11-29)40(33,34)25-9-7-23(39-25)22-6-8-24(31)28-27-22/h2-9H,10-19H2,1H3,(H,28,31). The number of ether oxygens (including phenoxy) is 4. The van der Waals surface area contributed by atoms with E-state index < -0.39 is 16.0 Å². The van der Waals surface area contributed by atoms with Gasteiger partial charge in [-0.05, 0) is 42.5 Å². The number of H-pyrrole nitrogens is 1. The van der Waals surface area contributed by atoms with E-state index in [2.05, 4.69) is 15.1 Å². The third-order valence-electron chi connectivity index (χ3n) is 6.08. The fourth-order valence-corrected chi connectivity index (χ4v) is 6.79. The molecule has 1 aromatic carbocycles. The molecule has 1 fully saturated rings. The summed E-state index contributed by atoms with van der Waals surface area (Å²) in [6.45, 7) is 3.99. The minimum atomic E-state index is -3.66. The number of hydrogen-bond acceptors (Lipinski definition) is 11. The van der Waals surface area contributed by atoms with E-state index in [1.807, 2.05) is 12.1 Å². The summed E-state index contributed by atoms with van der Waals surface area (Å²) in [5.74, 6) is -0.435. The Bertz CT molecular complexity index is 1380. The van der Waals surface area contributed by atoms with Crippen LogP contribution in [0.2, 0.25) is 0 Å². The molecular formula is C26H32N4O8S2. The summed E-state index contributed by atoms with van der Waals surface area (Å²) >= 11 is 1.12. The molecule has 0 atom stereocenters. The van der Waals surface area contributed by atoms with Crippen LogP contribution in [-0.4, -0.2) is 102 Å². The van der Waals surface area contributed by atoms with Crippen LogP contribution in [0, 0.1) is 0 Å². The molecule has 0 aliphatic carbocycles. The molecule has 12 nitrogen and oxygen atoms in total. The van der Waals surface area contributed by atoms with Crippen molar-refractivity contribution in [3.63, 3.8) is 0 Å². The van der Waals surface area contributed by atoms with Gasteiger partial charge < -0.3 is 23.8 Å². The molecule has 1 aliphatic heterocycles. The molecule has 1 N–H and O–H groups in total. The number of benzene rings is 1. The van der Waals surface area contributed by atoms with Crippen LogP contribution in [0.3, 0.4) is 0 Å². The topological polar surface area (TPSA) is 140 Å². The number of thiophene rings is 1. The second-order valence-corrected chi connectivity index (χ2v) is 12.0. The fourth-order valence-electron chi connectivity index (χ4n) is 3.94. The molecule has 0 amide bonds. The summed E-state index contributed by atoms with van der Waals surface area (Å²) in [7, 11) is -2.05. The number of methoxy groups -OCH3 is 1. The highest BCUT2D eigenvalue weighted by molar-refractivity contribution is 7.91. The number of carbonyl (C=O) groups excluding carboxylic acids is 1. The van der Waals surface area contributed by atoms with E-state index in [0.29, 0.717) is 68.7 Å². The zero-order valence-corrected chi connectivity index (χ0v) is 23.7. The minimum absolute atomic E-state index is 0.141. The van der Waals surface area contributed by atoms with E-state index in [-0.39, 0.29) is 23.0 Å². The van der Waals surface area contributed by atoms with Gasteiger partial charge >= 0.3 is 5.97 Å². The molecule has 0 spiro atoms. The maximum atomic E-state index is 13.2. The Morgan fingerprint density at radius 3 is 2.23 bits per heavy atom. The SMILES string of the molecule is COCCOCCOCCOC(=O)c1ccc(N2CCN(S(=O)(=O)c3ccc(-c4ccc(=O)[nH]n4)s3)CC2)cc1. The quantitative estimate of drug-likeness (QED) is 0.218. The highest BCUT2D eigenvalue weighted by atomic mass is 32.2. The van der Waals surface area contributed by atoms with E-state index >= 15 is 0 Å². The summed E-state index contributed by atoms with van der Waals surface area (Å²) in [6, 6.07) is 13.2. The zero-order valence-electron chi connectivity index (χ0n) is 22.1. The van der Waals surface area contributed by atoms with Crippen LogP contribution in [0.15, 0.2) is 57.5 Å². The number of rotatable bonds is 14. The number of anilines is 1. The largest absolute Gasteiger partial charge is 0.460 e. The maximum Gasteiger partial charge on any atom is 0.338 e. The maximum absolute atomic E-state index is 13.2. The van der Waals surface area contributed by atoms with Gasteiger partial charge in [0, 0.05) is 45.0 Å². The number of piperazine rings is 1. The number of aromatic amines is 1. The Kier molecular flexibility index (Phi) is 10.8. The number of aromatic nitrogens is 2. The van der Waals surface area contributed by atoms with Gasteiger partial charge in [-0.15, -0.1) is 11.3 Å². The third kappa shape index (κ3) is 7.96. The first kappa shape index (κ1) is 29.8. The lowest BCUT2D eigenvalue weighted by Crippen LogP contribution is -2.48. The predicted octanol–water partition coefficient (Wildman–Crippen LogP) is 1.85. The number of sulfonamides is 1. The van der Waals surface area contributed by atoms with E-state index in [4.69, 9.17) is 18.9 Å². The molecule has 0 radical (unpaired) electrons. The monoisotopic (exact) mass is 592 g/mol. The van der Waals surface area contributed by atoms with Crippen LogP contribution in [0.25, 0.3) is 10.6 Å². The van der Waals surface area contributed by atoms with E-state index in [1.165, 1.54) is 10.4 Å². The lowest BCUT2D eigenvalue weighted by molar-refractivity contribution is 0.00570. The smallest absolute Gasteiger partial charge is 0.338 e. The molecule has 1 saturated heterocycles. The van der Waals surface area contributed by atoms with Gasteiger partial charge in [0.2, 0.25) is 0 Å². The Morgan fingerprint density at radius 1 is 0.900 bits per heavy atom. The minimum Gasteiger partial charge on any atom is -0.460 e. The Morgan fingerprint density at radius 2 is 1.57 bits per heavy atom. The van der Waals surface area contributed by atoms with E-state index in [9.17, 15) is 18.0 Å². The highest BCUT2D eigenvalue weighted by Gasteiger charge is 2.30. The van der Waals surface area contributed by atoms with Crippen molar-refractivity contribution < 1.29 is 32.2 Å². The summed E-state index contributed by atoms with van der Waals surface area (Å²) < 4.78 is 48.9. The van der Waals surface area contributed by atoms with Crippen LogP contribution < -0.4 is 10.5 Å². The van der Waals surface area contributed by atoms with Crippen LogP contribution >= 0.6 is 11.3 Å². The van der Waals surface area contributed by atoms with Gasteiger partial charge in [-0.3, -0.25) is 4.79 Å². The first-order valence-electron chi connectivity index (χ1n) is 12.7. The van der Waals surface area contributed by atoms with Gasteiger partial charge in [-0.25, -0.2) is 18.3 Å². The first-order chi connectivity index (χ1) is 19.4. The molecule has 0 saturated carbocycles. The molecule has 40 heavy (non-hydrogen) atoms.